The summed E-state index contributed by atoms with van der Waals surface area (Å²) in [7, 11) is 0. The van der Waals surface area contributed by atoms with Gasteiger partial charge >= 0.3 is 5.97 Å². The first-order chi connectivity index (χ1) is 7.16. The second-order valence-corrected chi connectivity index (χ2v) is 4.83. The fourth-order valence-corrected chi connectivity index (χ4v) is 2.62. The largest absolute Gasteiger partial charge is 0.465 e. The zero-order chi connectivity index (χ0) is 10.8. The minimum absolute atomic E-state index is 0.0488. The maximum atomic E-state index is 11.3. The molecule has 0 aromatic heterocycles. The molecule has 0 amide bonds. The Morgan fingerprint density at radius 1 is 1.53 bits per heavy atom. The van der Waals surface area contributed by atoms with Crippen molar-refractivity contribution in [1.82, 2.24) is 0 Å². The van der Waals surface area contributed by atoms with Gasteiger partial charge in [0.1, 0.15) is 5.25 Å². The molecule has 1 unspecified atom stereocenters. The van der Waals surface area contributed by atoms with E-state index >= 15 is 0 Å². The molecule has 1 heterocycles. The van der Waals surface area contributed by atoms with Crippen molar-refractivity contribution in [2.24, 2.45) is 0 Å². The summed E-state index contributed by atoms with van der Waals surface area (Å²) in [6.45, 7) is 2.55. The Kier molecular flexibility index (Phi) is 2.86. The number of aryl methyl sites for hydroxylation is 1. The second-order valence-electron chi connectivity index (χ2n) is 3.59. The highest BCUT2D eigenvalue weighted by Crippen LogP contribution is 2.32. The van der Waals surface area contributed by atoms with Gasteiger partial charge in [-0.3, -0.25) is 4.79 Å². The van der Waals surface area contributed by atoms with Gasteiger partial charge in [0.05, 0.1) is 6.61 Å². The minimum atomic E-state index is -0.101. The molecule has 15 heavy (non-hydrogen) atoms. The van der Waals surface area contributed by atoms with Gasteiger partial charge in [0, 0.05) is 17.0 Å². The van der Waals surface area contributed by atoms with Crippen LogP contribution in [-0.2, 0) is 9.53 Å². The number of nitrogen functional groups attached to an aromatic ring is 1. The average Bonchev–Trinajstić information content (AvgIpc) is 2.57. The first-order valence-electron chi connectivity index (χ1n) is 4.86. The summed E-state index contributed by atoms with van der Waals surface area (Å²) in [6.07, 6.45) is 0.799. The smallest absolute Gasteiger partial charge is 0.319 e. The summed E-state index contributed by atoms with van der Waals surface area (Å²) < 4.78 is 4.92. The van der Waals surface area contributed by atoms with E-state index in [9.17, 15) is 4.79 Å². The average molecular weight is 223 g/mol. The molecule has 1 aromatic rings. The predicted molar refractivity (Wildman–Crippen MR) is 60.8 cm³/mol. The molecule has 1 aliphatic rings. The Morgan fingerprint density at radius 2 is 2.33 bits per heavy atom. The maximum absolute atomic E-state index is 11.3. The van der Waals surface area contributed by atoms with Crippen LogP contribution in [0.3, 0.4) is 0 Å². The summed E-state index contributed by atoms with van der Waals surface area (Å²) in [5.41, 5.74) is 7.53. The van der Waals surface area contributed by atoms with Crippen molar-refractivity contribution in [2.75, 3.05) is 12.3 Å². The lowest BCUT2D eigenvalue weighted by Gasteiger charge is -2.08. The Labute approximate surface area is 93.0 Å². The number of rotatable bonds is 2. The number of anilines is 1. The molecule has 3 nitrogen and oxygen atoms in total. The van der Waals surface area contributed by atoms with Gasteiger partial charge in [0.15, 0.2) is 0 Å². The Balaban J connectivity index is 2.13. The topological polar surface area (TPSA) is 52.3 Å². The number of ether oxygens (including phenoxy) is 1. The summed E-state index contributed by atoms with van der Waals surface area (Å²) in [5, 5.41) is -0.0488. The van der Waals surface area contributed by atoms with E-state index in [1.54, 1.807) is 11.8 Å². The molecular weight excluding hydrogens is 210 g/mol. The van der Waals surface area contributed by atoms with Crippen molar-refractivity contribution >= 4 is 23.4 Å². The molecule has 1 atom stereocenters. The lowest BCUT2D eigenvalue weighted by atomic mass is 10.2. The number of cyclic esters (lactones) is 1. The van der Waals surface area contributed by atoms with Crippen molar-refractivity contribution in [2.45, 2.75) is 23.5 Å². The number of hydrogen-bond donors (Lipinski definition) is 1. The van der Waals surface area contributed by atoms with Gasteiger partial charge in [-0.2, -0.15) is 0 Å². The molecule has 0 bridgehead atoms. The minimum Gasteiger partial charge on any atom is -0.465 e. The van der Waals surface area contributed by atoms with Crippen LogP contribution in [0.1, 0.15) is 12.0 Å². The number of thioether (sulfide) groups is 1. The number of benzene rings is 1. The van der Waals surface area contributed by atoms with Crippen LogP contribution >= 0.6 is 11.8 Å². The standard InChI is InChI=1S/C11H13NO2S/c1-7-6-8(12)2-3-9(7)15-10-4-5-14-11(10)13/h2-3,6,10H,4-5,12H2,1H3. The van der Waals surface area contributed by atoms with Crippen LogP contribution in [0.4, 0.5) is 5.69 Å². The number of hydrogen-bond acceptors (Lipinski definition) is 4. The highest BCUT2D eigenvalue weighted by molar-refractivity contribution is 8.00. The van der Waals surface area contributed by atoms with Crippen LogP contribution in [-0.4, -0.2) is 17.8 Å². The molecule has 0 radical (unpaired) electrons. The molecule has 0 spiro atoms. The Morgan fingerprint density at radius 3 is 2.93 bits per heavy atom. The molecule has 0 saturated carbocycles. The maximum Gasteiger partial charge on any atom is 0.319 e. The van der Waals surface area contributed by atoms with Gasteiger partial charge in [-0.25, -0.2) is 0 Å². The van der Waals surface area contributed by atoms with E-state index < -0.39 is 0 Å². The normalized spacial score (nSPS) is 20.3. The third-order valence-electron chi connectivity index (χ3n) is 2.36. The highest BCUT2D eigenvalue weighted by atomic mass is 32.2. The Bertz CT molecular complexity index is 392. The van der Waals surface area contributed by atoms with E-state index in [0.29, 0.717) is 6.61 Å². The van der Waals surface area contributed by atoms with E-state index in [-0.39, 0.29) is 11.2 Å². The number of nitrogens with two attached hydrogens (primary N) is 1. The number of carbonyl (C=O) groups excluding carboxylic acids is 1. The van der Waals surface area contributed by atoms with Gasteiger partial charge in [0.25, 0.3) is 0 Å². The van der Waals surface area contributed by atoms with Gasteiger partial charge < -0.3 is 10.5 Å². The van der Waals surface area contributed by atoms with Gasteiger partial charge in [-0.05, 0) is 30.7 Å². The molecule has 1 aliphatic heterocycles. The molecule has 4 heteroatoms. The van der Waals surface area contributed by atoms with E-state index in [2.05, 4.69) is 0 Å². The first-order valence-corrected chi connectivity index (χ1v) is 5.74. The van der Waals surface area contributed by atoms with Crippen molar-refractivity contribution in [3.8, 4) is 0 Å². The van der Waals surface area contributed by atoms with Crippen molar-refractivity contribution in [3.63, 3.8) is 0 Å². The fourth-order valence-electron chi connectivity index (χ4n) is 1.54. The summed E-state index contributed by atoms with van der Waals surface area (Å²) >= 11 is 1.56. The fraction of sp³-hybridized carbons (Fsp3) is 0.364. The van der Waals surface area contributed by atoms with Gasteiger partial charge in [-0.15, -0.1) is 11.8 Å². The quantitative estimate of drug-likeness (QED) is 0.615. The third kappa shape index (κ3) is 2.26. The molecule has 2 N–H and O–H groups in total. The van der Waals surface area contributed by atoms with Crippen LogP contribution in [0.2, 0.25) is 0 Å². The summed E-state index contributed by atoms with van der Waals surface area (Å²) in [5.74, 6) is -0.101. The third-order valence-corrected chi connectivity index (χ3v) is 3.78. The first kappa shape index (κ1) is 10.4. The molecular formula is C11H13NO2S. The van der Waals surface area contributed by atoms with Gasteiger partial charge in [-0.1, -0.05) is 0 Å². The van der Waals surface area contributed by atoms with Crippen LogP contribution < -0.4 is 5.73 Å². The SMILES string of the molecule is Cc1cc(N)ccc1SC1CCOC1=O. The zero-order valence-electron chi connectivity index (χ0n) is 8.53. The second kappa shape index (κ2) is 4.14. The number of carbonyl (C=O) groups is 1. The van der Waals surface area contributed by atoms with Crippen molar-refractivity contribution in [3.05, 3.63) is 23.8 Å². The van der Waals surface area contributed by atoms with E-state index in [4.69, 9.17) is 10.5 Å². The lowest BCUT2D eigenvalue weighted by Crippen LogP contribution is -2.09. The van der Waals surface area contributed by atoms with Crippen molar-refractivity contribution in [1.29, 1.82) is 0 Å². The summed E-state index contributed by atoms with van der Waals surface area (Å²) in [4.78, 5) is 12.4. The molecule has 1 saturated heterocycles. The highest BCUT2D eigenvalue weighted by Gasteiger charge is 2.27. The van der Waals surface area contributed by atoms with Crippen LogP contribution in [0.15, 0.2) is 23.1 Å². The van der Waals surface area contributed by atoms with Crippen LogP contribution in [0.25, 0.3) is 0 Å². The number of esters is 1. The molecule has 1 fully saturated rings. The monoisotopic (exact) mass is 223 g/mol. The summed E-state index contributed by atoms with van der Waals surface area (Å²) in [6, 6.07) is 5.74. The van der Waals surface area contributed by atoms with E-state index in [0.717, 1.165) is 22.6 Å². The Hall–Kier alpha value is -1.16. The van der Waals surface area contributed by atoms with Crippen LogP contribution in [0.5, 0.6) is 0 Å². The molecule has 0 aliphatic carbocycles. The van der Waals surface area contributed by atoms with E-state index in [1.165, 1.54) is 0 Å². The van der Waals surface area contributed by atoms with Crippen molar-refractivity contribution < 1.29 is 9.53 Å². The lowest BCUT2D eigenvalue weighted by molar-refractivity contribution is -0.137. The van der Waals surface area contributed by atoms with E-state index in [1.807, 2.05) is 25.1 Å². The molecule has 2 rings (SSSR count). The predicted octanol–water partition coefficient (Wildman–Crippen LogP) is 1.98. The zero-order valence-corrected chi connectivity index (χ0v) is 9.34. The van der Waals surface area contributed by atoms with Crippen LogP contribution in [0, 0.1) is 6.92 Å². The molecule has 80 valence electrons. The van der Waals surface area contributed by atoms with Gasteiger partial charge in [0.2, 0.25) is 0 Å². The molecule has 1 aromatic carbocycles.